The summed E-state index contributed by atoms with van der Waals surface area (Å²) in [5, 5.41) is 31.5. The van der Waals surface area contributed by atoms with E-state index >= 15 is 4.39 Å². The van der Waals surface area contributed by atoms with Crippen LogP contribution in [0.4, 0.5) is 4.39 Å². The van der Waals surface area contributed by atoms with Crippen molar-refractivity contribution < 1.29 is 29.3 Å². The van der Waals surface area contributed by atoms with Gasteiger partial charge in [-0.1, -0.05) is 19.4 Å². The van der Waals surface area contributed by atoms with Crippen molar-refractivity contribution in [2.75, 3.05) is 6.61 Å². The first-order chi connectivity index (χ1) is 12.5. The standard InChI is InChI=1S/C21H29FO5/c1-18-7-5-13(24)9-12(18)3-4-15-14-6-8-20(27,17(26)11-23)19(14,2)10-16(25)21(15,18)22/h9,14-16,23,25,27H,3-8,10-11H2,1-2H3/t14-,15-,16-,18-,19-,20+,21-/m0/s1. The second-order valence-electron chi connectivity index (χ2n) is 9.61. The van der Waals surface area contributed by atoms with Crippen LogP contribution >= 0.6 is 0 Å². The minimum Gasteiger partial charge on any atom is -0.390 e. The predicted molar refractivity (Wildman–Crippen MR) is 95.5 cm³/mol. The third kappa shape index (κ3) is 2.10. The van der Waals surface area contributed by atoms with Gasteiger partial charge in [-0.15, -0.1) is 0 Å². The number of alkyl halides is 1. The molecule has 0 saturated heterocycles. The molecular formula is C21H29FO5. The zero-order valence-corrected chi connectivity index (χ0v) is 16.0. The van der Waals surface area contributed by atoms with Crippen LogP contribution in [0.5, 0.6) is 0 Å². The van der Waals surface area contributed by atoms with Gasteiger partial charge in [-0.25, -0.2) is 4.39 Å². The fraction of sp³-hybridized carbons (Fsp3) is 0.810. The van der Waals surface area contributed by atoms with Crippen molar-refractivity contribution in [2.24, 2.45) is 22.7 Å². The lowest BCUT2D eigenvalue weighted by Crippen LogP contribution is -2.69. The molecule has 0 unspecified atom stereocenters. The minimum absolute atomic E-state index is 0.0171. The number of rotatable bonds is 2. The first-order valence-electron chi connectivity index (χ1n) is 10.0. The second kappa shape index (κ2) is 5.71. The molecule has 5 nitrogen and oxygen atoms in total. The van der Waals surface area contributed by atoms with E-state index < -0.39 is 46.5 Å². The van der Waals surface area contributed by atoms with Crippen LogP contribution < -0.4 is 0 Å². The maximum absolute atomic E-state index is 16.8. The van der Waals surface area contributed by atoms with Gasteiger partial charge in [0.2, 0.25) is 0 Å². The number of Topliss-reactive ketones (excluding diaryl/α,β-unsaturated/α-hetero) is 1. The van der Waals surface area contributed by atoms with Crippen LogP contribution in [-0.4, -0.2) is 50.9 Å². The molecule has 0 aromatic rings. The summed E-state index contributed by atoms with van der Waals surface area (Å²) >= 11 is 0. The zero-order valence-electron chi connectivity index (χ0n) is 16.0. The molecule has 0 aliphatic heterocycles. The Hall–Kier alpha value is -1.11. The Morgan fingerprint density at radius 3 is 2.59 bits per heavy atom. The van der Waals surface area contributed by atoms with Gasteiger partial charge in [0.15, 0.2) is 11.6 Å². The molecule has 4 rings (SSSR count). The van der Waals surface area contributed by atoms with E-state index in [2.05, 4.69) is 0 Å². The van der Waals surface area contributed by atoms with Gasteiger partial charge in [0.1, 0.15) is 17.9 Å². The second-order valence-corrected chi connectivity index (χ2v) is 9.61. The number of allylic oxidation sites excluding steroid dienone is 1. The highest BCUT2D eigenvalue weighted by Crippen LogP contribution is 2.70. The van der Waals surface area contributed by atoms with E-state index in [4.69, 9.17) is 0 Å². The Kier molecular flexibility index (Phi) is 4.06. The number of fused-ring (bicyclic) bond motifs is 5. The molecule has 7 atom stereocenters. The van der Waals surface area contributed by atoms with E-state index in [0.717, 1.165) is 5.57 Å². The first kappa shape index (κ1) is 19.2. The van der Waals surface area contributed by atoms with Crippen LogP contribution in [0, 0.1) is 22.7 Å². The topological polar surface area (TPSA) is 94.8 Å². The zero-order chi connectivity index (χ0) is 19.8. The summed E-state index contributed by atoms with van der Waals surface area (Å²) in [5.74, 6) is -1.36. The van der Waals surface area contributed by atoms with Crippen LogP contribution in [0.3, 0.4) is 0 Å². The molecule has 150 valence electrons. The van der Waals surface area contributed by atoms with Crippen molar-refractivity contribution in [1.29, 1.82) is 0 Å². The summed E-state index contributed by atoms with van der Waals surface area (Å²) in [7, 11) is 0. The van der Waals surface area contributed by atoms with Crippen LogP contribution in [0.1, 0.15) is 58.8 Å². The largest absolute Gasteiger partial charge is 0.390 e. The highest BCUT2D eigenvalue weighted by Gasteiger charge is 2.74. The van der Waals surface area contributed by atoms with E-state index in [0.29, 0.717) is 25.7 Å². The van der Waals surface area contributed by atoms with Crippen LogP contribution in [0.2, 0.25) is 0 Å². The van der Waals surface area contributed by atoms with Crippen molar-refractivity contribution in [3.05, 3.63) is 11.6 Å². The van der Waals surface area contributed by atoms with Crippen molar-refractivity contribution >= 4 is 11.6 Å². The number of halogens is 1. The molecule has 0 bridgehead atoms. The number of carbonyl (C=O) groups excluding carboxylic acids is 2. The molecule has 0 aromatic heterocycles. The number of ketones is 2. The monoisotopic (exact) mass is 380 g/mol. The van der Waals surface area contributed by atoms with Gasteiger partial charge >= 0.3 is 0 Å². The normalized spacial score (nSPS) is 51.9. The van der Waals surface area contributed by atoms with Gasteiger partial charge in [0, 0.05) is 23.2 Å². The maximum Gasteiger partial charge on any atom is 0.190 e. The van der Waals surface area contributed by atoms with Crippen molar-refractivity contribution in [1.82, 2.24) is 0 Å². The molecule has 3 N–H and O–H groups in total. The smallest absolute Gasteiger partial charge is 0.190 e. The Bertz CT molecular complexity index is 734. The molecule has 0 aromatic carbocycles. The molecule has 0 spiro atoms. The maximum atomic E-state index is 16.8. The van der Waals surface area contributed by atoms with E-state index in [-0.39, 0.29) is 31.0 Å². The molecule has 0 heterocycles. The molecule has 0 radical (unpaired) electrons. The molecule has 6 heteroatoms. The van der Waals surface area contributed by atoms with Crippen LogP contribution in [0.15, 0.2) is 11.6 Å². The van der Waals surface area contributed by atoms with E-state index in [1.165, 1.54) is 0 Å². The lowest BCUT2D eigenvalue weighted by molar-refractivity contribution is -0.226. The van der Waals surface area contributed by atoms with Gasteiger partial charge < -0.3 is 15.3 Å². The third-order valence-electron chi connectivity index (χ3n) is 8.80. The average Bonchev–Trinajstić information content (AvgIpc) is 2.88. The summed E-state index contributed by atoms with van der Waals surface area (Å²) in [5.41, 5.74) is -4.68. The summed E-state index contributed by atoms with van der Waals surface area (Å²) in [6.45, 7) is 2.83. The third-order valence-corrected chi connectivity index (χ3v) is 8.80. The van der Waals surface area contributed by atoms with Crippen molar-refractivity contribution in [3.63, 3.8) is 0 Å². The molecular weight excluding hydrogens is 351 g/mol. The van der Waals surface area contributed by atoms with Gasteiger partial charge in [0.05, 0.1) is 6.10 Å². The number of carbonyl (C=O) groups is 2. The van der Waals surface area contributed by atoms with Crippen LogP contribution in [-0.2, 0) is 9.59 Å². The van der Waals surface area contributed by atoms with Gasteiger partial charge in [-0.3, -0.25) is 9.59 Å². The predicted octanol–water partition coefficient (Wildman–Crippen LogP) is 1.87. The lowest BCUT2D eigenvalue weighted by atomic mass is 9.44. The molecule has 4 aliphatic carbocycles. The fourth-order valence-corrected chi connectivity index (χ4v) is 7.16. The highest BCUT2D eigenvalue weighted by molar-refractivity contribution is 5.92. The Morgan fingerprint density at radius 2 is 1.93 bits per heavy atom. The van der Waals surface area contributed by atoms with E-state index in [1.54, 1.807) is 13.0 Å². The van der Waals surface area contributed by atoms with Gasteiger partial charge in [-0.05, 0) is 50.5 Å². The Labute approximate surface area is 158 Å². The number of hydrogen-bond donors (Lipinski definition) is 3. The van der Waals surface area contributed by atoms with E-state index in [9.17, 15) is 24.9 Å². The van der Waals surface area contributed by atoms with Gasteiger partial charge in [-0.2, -0.15) is 0 Å². The average molecular weight is 380 g/mol. The molecule has 4 aliphatic rings. The Morgan fingerprint density at radius 1 is 1.22 bits per heavy atom. The molecule has 0 amide bonds. The SMILES string of the molecule is C[C@]12CCC(=O)C=C1CC[C@H]1[C@@H]3CC[C@@](O)(C(=O)CO)[C@@]3(C)C[C@H](O)[C@@]12F. The summed E-state index contributed by atoms with van der Waals surface area (Å²) < 4.78 is 16.8. The summed E-state index contributed by atoms with van der Waals surface area (Å²) in [6, 6.07) is 0. The Balaban J connectivity index is 1.80. The lowest BCUT2D eigenvalue weighted by Gasteiger charge is -2.63. The summed E-state index contributed by atoms with van der Waals surface area (Å²) in [6.07, 6.45) is 2.65. The van der Waals surface area contributed by atoms with Crippen molar-refractivity contribution in [3.8, 4) is 0 Å². The van der Waals surface area contributed by atoms with Gasteiger partial charge in [0.25, 0.3) is 0 Å². The number of aliphatic hydroxyl groups excluding tert-OH is 2. The number of aliphatic hydroxyl groups is 3. The van der Waals surface area contributed by atoms with Crippen molar-refractivity contribution in [2.45, 2.75) is 76.2 Å². The fourth-order valence-electron chi connectivity index (χ4n) is 7.16. The number of hydrogen-bond acceptors (Lipinski definition) is 5. The molecule has 27 heavy (non-hydrogen) atoms. The first-order valence-corrected chi connectivity index (χ1v) is 10.0. The minimum atomic E-state index is -1.88. The molecule has 3 fully saturated rings. The van der Waals surface area contributed by atoms with E-state index in [1.807, 2.05) is 6.92 Å². The van der Waals surface area contributed by atoms with Crippen LogP contribution in [0.25, 0.3) is 0 Å². The molecule has 3 saturated carbocycles. The summed E-state index contributed by atoms with van der Waals surface area (Å²) in [4.78, 5) is 24.2. The quantitative estimate of drug-likeness (QED) is 0.680. The highest BCUT2D eigenvalue weighted by atomic mass is 19.1.